The number of nitriles is 2. The minimum Gasteiger partial charge on any atom is -0.493 e. The molecule has 0 aliphatic heterocycles. The second-order valence-electron chi connectivity index (χ2n) is 5.46. The lowest BCUT2D eigenvalue weighted by molar-refractivity contribution is -0.112. The van der Waals surface area contributed by atoms with Gasteiger partial charge in [-0.2, -0.15) is 10.5 Å². The molecule has 0 aliphatic carbocycles. The van der Waals surface area contributed by atoms with Gasteiger partial charge in [-0.1, -0.05) is 28.1 Å². The highest BCUT2D eigenvalue weighted by Gasteiger charge is 2.14. The van der Waals surface area contributed by atoms with E-state index in [-0.39, 0.29) is 12.2 Å². The molecule has 0 atom stereocenters. The molecule has 6 nitrogen and oxygen atoms in total. The van der Waals surface area contributed by atoms with Crippen molar-refractivity contribution in [2.24, 2.45) is 0 Å². The highest BCUT2D eigenvalue weighted by molar-refractivity contribution is 9.10. The summed E-state index contributed by atoms with van der Waals surface area (Å²) in [5, 5.41) is 20.7. The number of anilines is 1. The van der Waals surface area contributed by atoms with Crippen LogP contribution in [-0.4, -0.2) is 19.6 Å². The maximum Gasteiger partial charge on any atom is 0.266 e. The maximum absolute atomic E-state index is 12.4. The summed E-state index contributed by atoms with van der Waals surface area (Å²) in [5.41, 5.74) is 2.10. The average Bonchev–Trinajstić information content (AvgIpc) is 2.65. The van der Waals surface area contributed by atoms with Crippen LogP contribution in [0, 0.1) is 29.6 Å². The summed E-state index contributed by atoms with van der Waals surface area (Å²) in [6.07, 6.45) is 1.45. The number of benzene rings is 2. The third-order valence-electron chi connectivity index (χ3n) is 3.52. The van der Waals surface area contributed by atoms with E-state index in [0.29, 0.717) is 27.2 Å². The first-order valence-electron chi connectivity index (χ1n) is 7.85. The van der Waals surface area contributed by atoms with E-state index in [9.17, 15) is 10.1 Å². The predicted octanol–water partition coefficient (Wildman–Crippen LogP) is 4.21. The zero-order chi connectivity index (χ0) is 19.8. The van der Waals surface area contributed by atoms with Gasteiger partial charge in [-0.3, -0.25) is 4.79 Å². The van der Waals surface area contributed by atoms with Gasteiger partial charge in [0.1, 0.15) is 17.7 Å². The van der Waals surface area contributed by atoms with Crippen LogP contribution in [0.2, 0.25) is 0 Å². The van der Waals surface area contributed by atoms with Gasteiger partial charge in [0, 0.05) is 10.2 Å². The molecule has 1 N–H and O–H groups in total. The quantitative estimate of drug-likeness (QED) is 0.552. The molecule has 2 aromatic carbocycles. The molecule has 0 heterocycles. The zero-order valence-corrected chi connectivity index (χ0v) is 16.3. The Balaban J connectivity index is 2.32. The summed E-state index contributed by atoms with van der Waals surface area (Å²) in [6, 6.07) is 14.3. The Labute approximate surface area is 165 Å². The largest absolute Gasteiger partial charge is 0.493 e. The van der Waals surface area contributed by atoms with Crippen molar-refractivity contribution in [2.75, 3.05) is 19.0 Å². The van der Waals surface area contributed by atoms with Gasteiger partial charge in [-0.25, -0.2) is 0 Å². The number of carbonyl (C=O) groups is 1. The minimum absolute atomic E-state index is 0.0649. The Morgan fingerprint density at radius 1 is 1.26 bits per heavy atom. The number of halogens is 1. The SMILES string of the molecule is COc1cc(/C=C(/C#N)C(=O)Nc2cccc(C)c2)c(Br)cc1OCC#N. The number of aryl methyl sites for hydroxylation is 1. The van der Waals surface area contributed by atoms with Gasteiger partial charge in [0.2, 0.25) is 0 Å². The molecule has 2 aromatic rings. The zero-order valence-electron chi connectivity index (χ0n) is 14.7. The van der Waals surface area contributed by atoms with Crippen molar-refractivity contribution < 1.29 is 14.3 Å². The number of hydrogen-bond acceptors (Lipinski definition) is 5. The molecular weight excluding hydrogens is 410 g/mol. The van der Waals surface area contributed by atoms with Crippen molar-refractivity contribution in [1.29, 1.82) is 10.5 Å². The van der Waals surface area contributed by atoms with Gasteiger partial charge in [0.05, 0.1) is 7.11 Å². The number of amides is 1. The number of nitrogens with one attached hydrogen (secondary N) is 1. The lowest BCUT2D eigenvalue weighted by Gasteiger charge is -2.11. The first kappa shape index (κ1) is 20.0. The first-order valence-corrected chi connectivity index (χ1v) is 8.65. The van der Waals surface area contributed by atoms with Crippen LogP contribution in [-0.2, 0) is 4.79 Å². The number of ether oxygens (including phenoxy) is 2. The first-order chi connectivity index (χ1) is 13.0. The molecule has 0 aromatic heterocycles. The fraction of sp³-hybridized carbons (Fsp3) is 0.150. The molecule has 27 heavy (non-hydrogen) atoms. The molecule has 7 heteroatoms. The van der Waals surface area contributed by atoms with Gasteiger partial charge in [0.15, 0.2) is 18.1 Å². The highest BCUT2D eigenvalue weighted by Crippen LogP contribution is 2.34. The summed E-state index contributed by atoms with van der Waals surface area (Å²) >= 11 is 3.38. The van der Waals surface area contributed by atoms with Crippen molar-refractivity contribution >= 4 is 33.6 Å². The van der Waals surface area contributed by atoms with Crippen LogP contribution in [0.1, 0.15) is 11.1 Å². The Morgan fingerprint density at radius 2 is 2.04 bits per heavy atom. The second-order valence-corrected chi connectivity index (χ2v) is 6.32. The fourth-order valence-electron chi connectivity index (χ4n) is 2.27. The van der Waals surface area contributed by atoms with Crippen molar-refractivity contribution in [3.8, 4) is 23.6 Å². The molecule has 0 unspecified atom stereocenters. The normalized spacial score (nSPS) is 10.5. The van der Waals surface area contributed by atoms with Gasteiger partial charge in [0.25, 0.3) is 5.91 Å². The third-order valence-corrected chi connectivity index (χ3v) is 4.20. The average molecular weight is 426 g/mol. The Kier molecular flexibility index (Phi) is 6.99. The number of rotatable bonds is 6. The van der Waals surface area contributed by atoms with Crippen molar-refractivity contribution in [3.63, 3.8) is 0 Å². The standard InChI is InChI=1S/C20H16BrN3O3/c1-13-4-3-5-16(8-13)24-20(25)15(12-23)9-14-10-18(26-2)19(11-17(14)21)27-7-6-22/h3-5,8-11H,7H2,1-2H3,(H,24,25)/b15-9-. The van der Waals surface area contributed by atoms with Crippen molar-refractivity contribution in [1.82, 2.24) is 0 Å². The van der Waals surface area contributed by atoms with E-state index < -0.39 is 5.91 Å². The van der Waals surface area contributed by atoms with Gasteiger partial charge in [-0.05, 0) is 48.4 Å². The van der Waals surface area contributed by atoms with Crippen LogP contribution in [0.15, 0.2) is 46.4 Å². The van der Waals surface area contributed by atoms with E-state index >= 15 is 0 Å². The molecule has 0 saturated carbocycles. The van der Waals surface area contributed by atoms with Gasteiger partial charge >= 0.3 is 0 Å². The number of methoxy groups -OCH3 is 1. The summed E-state index contributed by atoms with van der Waals surface area (Å²) in [7, 11) is 1.46. The van der Waals surface area contributed by atoms with E-state index in [2.05, 4.69) is 21.2 Å². The second kappa shape index (κ2) is 9.42. The number of nitrogens with zero attached hydrogens (tertiary/aromatic N) is 2. The predicted molar refractivity (Wildman–Crippen MR) is 105 cm³/mol. The van der Waals surface area contributed by atoms with Crippen molar-refractivity contribution in [2.45, 2.75) is 6.92 Å². The minimum atomic E-state index is -0.515. The fourth-order valence-corrected chi connectivity index (χ4v) is 2.71. The van der Waals surface area contributed by atoms with Gasteiger partial charge < -0.3 is 14.8 Å². The summed E-state index contributed by atoms with van der Waals surface area (Å²) in [4.78, 5) is 12.4. The molecule has 0 spiro atoms. The Bertz CT molecular complexity index is 971. The van der Waals surface area contributed by atoms with E-state index in [1.54, 1.807) is 18.2 Å². The van der Waals surface area contributed by atoms with Crippen LogP contribution < -0.4 is 14.8 Å². The smallest absolute Gasteiger partial charge is 0.266 e. The van der Waals surface area contributed by atoms with Crippen molar-refractivity contribution in [3.05, 3.63) is 57.6 Å². The number of hydrogen-bond donors (Lipinski definition) is 1. The number of carbonyl (C=O) groups excluding carboxylic acids is 1. The lowest BCUT2D eigenvalue weighted by Crippen LogP contribution is -2.13. The van der Waals surface area contributed by atoms with Crippen LogP contribution in [0.25, 0.3) is 6.08 Å². The highest BCUT2D eigenvalue weighted by atomic mass is 79.9. The van der Waals surface area contributed by atoms with E-state index in [1.807, 2.05) is 37.3 Å². The van der Waals surface area contributed by atoms with E-state index in [1.165, 1.54) is 13.2 Å². The summed E-state index contributed by atoms with van der Waals surface area (Å²) in [5.74, 6) is 0.251. The topological polar surface area (TPSA) is 95.1 Å². The molecule has 0 saturated heterocycles. The third kappa shape index (κ3) is 5.34. The molecule has 1 amide bonds. The molecule has 136 valence electrons. The van der Waals surface area contributed by atoms with Gasteiger partial charge in [-0.15, -0.1) is 0 Å². The maximum atomic E-state index is 12.4. The monoisotopic (exact) mass is 425 g/mol. The lowest BCUT2D eigenvalue weighted by atomic mass is 10.1. The van der Waals surface area contributed by atoms with Crippen LogP contribution in [0.5, 0.6) is 11.5 Å². The van der Waals surface area contributed by atoms with Crippen LogP contribution in [0.4, 0.5) is 5.69 Å². The van der Waals surface area contributed by atoms with E-state index in [0.717, 1.165) is 5.56 Å². The molecule has 0 fully saturated rings. The Hall–Kier alpha value is -3.29. The molecule has 0 bridgehead atoms. The van der Waals surface area contributed by atoms with Crippen LogP contribution in [0.3, 0.4) is 0 Å². The molecule has 2 rings (SSSR count). The Morgan fingerprint density at radius 3 is 2.67 bits per heavy atom. The summed E-state index contributed by atoms with van der Waals surface area (Å²) < 4.78 is 11.1. The molecule has 0 aliphatic rings. The summed E-state index contributed by atoms with van der Waals surface area (Å²) in [6.45, 7) is 1.79. The van der Waals surface area contributed by atoms with E-state index in [4.69, 9.17) is 14.7 Å². The van der Waals surface area contributed by atoms with Crippen LogP contribution >= 0.6 is 15.9 Å². The molecule has 0 radical (unpaired) electrons. The molecular formula is C20H16BrN3O3.